The molecule has 1 N–H and O–H groups in total. The number of rotatable bonds is 4. The third-order valence-corrected chi connectivity index (χ3v) is 3.11. The summed E-state index contributed by atoms with van der Waals surface area (Å²) in [6.45, 7) is 6.74. The van der Waals surface area contributed by atoms with Crippen LogP contribution in [0.25, 0.3) is 0 Å². The molecule has 1 saturated heterocycles. The molecule has 0 aromatic rings. The summed E-state index contributed by atoms with van der Waals surface area (Å²) in [6, 6.07) is 0. The monoisotopic (exact) mass is 182 g/mol. The highest BCUT2D eigenvalue weighted by molar-refractivity contribution is 5.79. The summed E-state index contributed by atoms with van der Waals surface area (Å²) in [5.74, 6) is 1.66. The molecule has 1 aliphatic heterocycles. The second kappa shape index (κ2) is 5.25. The predicted molar refractivity (Wildman–Crippen MR) is 57.2 cm³/mol. The molecule has 0 spiro atoms. The van der Waals surface area contributed by atoms with E-state index in [9.17, 15) is 0 Å². The van der Waals surface area contributed by atoms with E-state index >= 15 is 0 Å². The maximum Gasteiger partial charge on any atom is 0.0957 e. The molecule has 2 heteroatoms. The fourth-order valence-electron chi connectivity index (χ4n) is 1.95. The first-order chi connectivity index (χ1) is 6.27. The van der Waals surface area contributed by atoms with Gasteiger partial charge in [0.1, 0.15) is 0 Å². The second-order valence-electron chi connectivity index (χ2n) is 4.03. The highest BCUT2D eigenvalue weighted by atomic mass is 15.2. The zero-order valence-corrected chi connectivity index (χ0v) is 8.97. The highest BCUT2D eigenvalue weighted by Gasteiger charge is 2.17. The molecule has 0 amide bonds. The Labute approximate surface area is 81.8 Å². The van der Waals surface area contributed by atoms with Gasteiger partial charge in [0.05, 0.1) is 5.84 Å². The normalized spacial score (nSPS) is 18.4. The topological polar surface area (TPSA) is 27.1 Å². The summed E-state index contributed by atoms with van der Waals surface area (Å²) >= 11 is 0. The van der Waals surface area contributed by atoms with Crippen molar-refractivity contribution < 1.29 is 0 Å². The van der Waals surface area contributed by atoms with Crippen LogP contribution in [0.5, 0.6) is 0 Å². The average Bonchev–Trinajstić information content (AvgIpc) is 2.17. The molecule has 76 valence electrons. The fraction of sp³-hybridized carbons (Fsp3) is 0.909. The van der Waals surface area contributed by atoms with Crippen molar-refractivity contribution in [1.82, 2.24) is 4.90 Å². The molecule has 2 nitrogen and oxygen atoms in total. The van der Waals surface area contributed by atoms with Gasteiger partial charge in [-0.25, -0.2) is 0 Å². The first-order valence-corrected chi connectivity index (χ1v) is 5.60. The molecular formula is C11H22N2. The van der Waals surface area contributed by atoms with Gasteiger partial charge in [-0.05, 0) is 18.8 Å². The zero-order chi connectivity index (χ0) is 9.68. The third-order valence-electron chi connectivity index (χ3n) is 3.11. The number of hydrogen-bond donors (Lipinski definition) is 1. The first kappa shape index (κ1) is 10.6. The van der Waals surface area contributed by atoms with E-state index in [1.54, 1.807) is 0 Å². The van der Waals surface area contributed by atoms with Crippen LogP contribution in [0.4, 0.5) is 0 Å². The fourth-order valence-corrected chi connectivity index (χ4v) is 1.95. The van der Waals surface area contributed by atoms with E-state index in [0.717, 1.165) is 31.3 Å². The van der Waals surface area contributed by atoms with Crippen LogP contribution in [-0.4, -0.2) is 23.8 Å². The van der Waals surface area contributed by atoms with Crippen LogP contribution in [0.1, 0.15) is 46.0 Å². The van der Waals surface area contributed by atoms with E-state index in [4.69, 9.17) is 5.41 Å². The Kier molecular flexibility index (Phi) is 4.26. The van der Waals surface area contributed by atoms with E-state index in [2.05, 4.69) is 18.7 Å². The Bertz CT molecular complexity index is 161. The van der Waals surface area contributed by atoms with Gasteiger partial charge in [-0.2, -0.15) is 0 Å². The molecule has 1 rings (SSSR count). The second-order valence-corrected chi connectivity index (χ2v) is 4.03. The lowest BCUT2D eigenvalue weighted by atomic mass is 10.0. The van der Waals surface area contributed by atoms with Crippen molar-refractivity contribution in [3.63, 3.8) is 0 Å². The Hall–Kier alpha value is -0.530. The molecule has 0 aromatic heterocycles. The van der Waals surface area contributed by atoms with E-state index in [1.165, 1.54) is 25.7 Å². The minimum Gasteiger partial charge on any atom is -0.360 e. The molecule has 13 heavy (non-hydrogen) atoms. The van der Waals surface area contributed by atoms with E-state index in [-0.39, 0.29) is 0 Å². The Morgan fingerprint density at radius 3 is 2.54 bits per heavy atom. The molecular weight excluding hydrogens is 160 g/mol. The summed E-state index contributed by atoms with van der Waals surface area (Å²) in [5, 5.41) is 7.82. The van der Waals surface area contributed by atoms with Crippen LogP contribution in [0.2, 0.25) is 0 Å². The standard InChI is InChI=1S/C11H22N2/c1-3-10(4-2)9-13-8-6-5-7-11(13)12/h10,12H,3-9H2,1-2H3. The van der Waals surface area contributed by atoms with Crippen molar-refractivity contribution >= 4 is 5.84 Å². The minimum atomic E-state index is 0.790. The summed E-state index contributed by atoms with van der Waals surface area (Å²) in [5.41, 5.74) is 0. The number of amidine groups is 1. The van der Waals surface area contributed by atoms with Crippen molar-refractivity contribution in [3.05, 3.63) is 0 Å². The summed E-state index contributed by atoms with van der Waals surface area (Å²) < 4.78 is 0. The minimum absolute atomic E-state index is 0.790. The van der Waals surface area contributed by atoms with E-state index < -0.39 is 0 Å². The van der Waals surface area contributed by atoms with Crippen LogP contribution < -0.4 is 0 Å². The number of nitrogens with zero attached hydrogens (tertiary/aromatic N) is 1. The van der Waals surface area contributed by atoms with Gasteiger partial charge in [-0.15, -0.1) is 0 Å². The molecule has 0 aromatic carbocycles. The van der Waals surface area contributed by atoms with Crippen molar-refractivity contribution in [2.75, 3.05) is 13.1 Å². The van der Waals surface area contributed by atoms with E-state index in [0.29, 0.717) is 0 Å². The lowest BCUT2D eigenvalue weighted by Crippen LogP contribution is -2.38. The Balaban J connectivity index is 2.36. The van der Waals surface area contributed by atoms with Gasteiger partial charge in [0.25, 0.3) is 0 Å². The number of likely N-dealkylation sites (tertiary alicyclic amines) is 1. The molecule has 0 unspecified atom stereocenters. The van der Waals surface area contributed by atoms with Gasteiger partial charge in [0, 0.05) is 19.5 Å². The molecule has 0 radical (unpaired) electrons. The third kappa shape index (κ3) is 3.02. The largest absolute Gasteiger partial charge is 0.360 e. The van der Waals surface area contributed by atoms with Crippen molar-refractivity contribution in [3.8, 4) is 0 Å². The van der Waals surface area contributed by atoms with Crippen molar-refractivity contribution in [1.29, 1.82) is 5.41 Å². The maximum atomic E-state index is 7.82. The molecule has 1 fully saturated rings. The van der Waals surface area contributed by atoms with Crippen molar-refractivity contribution in [2.24, 2.45) is 5.92 Å². The molecule has 0 aliphatic carbocycles. The quantitative estimate of drug-likeness (QED) is 0.711. The number of hydrogen-bond acceptors (Lipinski definition) is 1. The van der Waals surface area contributed by atoms with Gasteiger partial charge in [0.2, 0.25) is 0 Å². The molecule has 0 saturated carbocycles. The summed E-state index contributed by atoms with van der Waals surface area (Å²) in [6.07, 6.45) is 6.00. The SMILES string of the molecule is CCC(CC)CN1CCCCC1=N. The molecule has 1 aliphatic rings. The van der Waals surface area contributed by atoms with Crippen LogP contribution in [0.15, 0.2) is 0 Å². The van der Waals surface area contributed by atoms with E-state index in [1.807, 2.05) is 0 Å². The highest BCUT2D eigenvalue weighted by Crippen LogP contribution is 2.16. The van der Waals surface area contributed by atoms with Crippen LogP contribution >= 0.6 is 0 Å². The maximum absolute atomic E-state index is 7.82. The summed E-state index contributed by atoms with van der Waals surface area (Å²) in [7, 11) is 0. The Morgan fingerprint density at radius 1 is 1.31 bits per heavy atom. The smallest absolute Gasteiger partial charge is 0.0957 e. The van der Waals surface area contributed by atoms with Crippen LogP contribution in [-0.2, 0) is 0 Å². The van der Waals surface area contributed by atoms with Crippen LogP contribution in [0.3, 0.4) is 0 Å². The van der Waals surface area contributed by atoms with Gasteiger partial charge in [-0.1, -0.05) is 26.7 Å². The molecule has 0 bridgehead atoms. The molecule has 1 heterocycles. The number of piperidine rings is 1. The van der Waals surface area contributed by atoms with Gasteiger partial charge >= 0.3 is 0 Å². The van der Waals surface area contributed by atoms with Gasteiger partial charge < -0.3 is 4.90 Å². The van der Waals surface area contributed by atoms with Crippen molar-refractivity contribution in [2.45, 2.75) is 46.0 Å². The first-order valence-electron chi connectivity index (χ1n) is 5.60. The van der Waals surface area contributed by atoms with Crippen LogP contribution in [0, 0.1) is 11.3 Å². The zero-order valence-electron chi connectivity index (χ0n) is 8.97. The predicted octanol–water partition coefficient (Wildman–Crippen LogP) is 2.89. The average molecular weight is 182 g/mol. The summed E-state index contributed by atoms with van der Waals surface area (Å²) in [4.78, 5) is 2.28. The lowest BCUT2D eigenvalue weighted by molar-refractivity contribution is 0.297. The Morgan fingerprint density at radius 2 is 2.00 bits per heavy atom. The lowest BCUT2D eigenvalue weighted by Gasteiger charge is -2.32. The van der Waals surface area contributed by atoms with Gasteiger partial charge in [-0.3, -0.25) is 5.41 Å². The molecule has 0 atom stereocenters. The van der Waals surface area contributed by atoms with Gasteiger partial charge in [0.15, 0.2) is 0 Å². The number of nitrogens with one attached hydrogen (secondary N) is 1.